The lowest BCUT2D eigenvalue weighted by atomic mass is 9.88. The summed E-state index contributed by atoms with van der Waals surface area (Å²) in [5.41, 5.74) is 0.0965. The fourth-order valence-corrected chi connectivity index (χ4v) is 3.45. The van der Waals surface area contributed by atoms with Crippen molar-refractivity contribution in [2.45, 2.75) is 38.7 Å². The Morgan fingerprint density at radius 3 is 2.83 bits per heavy atom. The zero-order valence-corrected chi connectivity index (χ0v) is 17.5. The van der Waals surface area contributed by atoms with Crippen molar-refractivity contribution in [1.29, 1.82) is 0 Å². The van der Waals surface area contributed by atoms with Gasteiger partial charge in [-0.15, -0.1) is 0 Å². The van der Waals surface area contributed by atoms with Gasteiger partial charge in [-0.05, 0) is 25.3 Å². The Labute approximate surface area is 175 Å². The molecular formula is C21H30F2N2O5. The number of unbranched alkanes of at least 4 members (excludes halogenated alkanes) is 1. The number of rotatable bonds is 9. The second kappa shape index (κ2) is 12.3. The first kappa shape index (κ1) is 23.9. The molecule has 1 aliphatic heterocycles. The summed E-state index contributed by atoms with van der Waals surface area (Å²) in [4.78, 5) is 25.1. The van der Waals surface area contributed by atoms with Crippen molar-refractivity contribution in [3.05, 3.63) is 35.4 Å². The molecule has 0 aromatic heterocycles. The molecule has 9 heteroatoms. The van der Waals surface area contributed by atoms with E-state index in [-0.39, 0.29) is 24.6 Å². The Kier molecular flexibility index (Phi) is 9.79. The van der Waals surface area contributed by atoms with Gasteiger partial charge in [0.2, 0.25) is 0 Å². The van der Waals surface area contributed by atoms with Crippen LogP contribution in [-0.4, -0.2) is 57.0 Å². The van der Waals surface area contributed by atoms with E-state index in [1.54, 1.807) is 4.90 Å². The highest BCUT2D eigenvalue weighted by atomic mass is 19.2. The smallest absolute Gasteiger partial charge is 0.409 e. The fourth-order valence-electron chi connectivity index (χ4n) is 3.45. The molecule has 0 bridgehead atoms. The number of methoxy groups -OCH3 is 1. The van der Waals surface area contributed by atoms with Crippen molar-refractivity contribution >= 4 is 12.2 Å². The van der Waals surface area contributed by atoms with E-state index in [1.807, 2.05) is 6.92 Å². The first-order valence-electron chi connectivity index (χ1n) is 10.3. The average molecular weight is 428 g/mol. The number of piperidine rings is 1. The molecule has 1 aromatic carbocycles. The molecule has 7 nitrogen and oxygen atoms in total. The van der Waals surface area contributed by atoms with Crippen molar-refractivity contribution in [3.8, 4) is 0 Å². The summed E-state index contributed by atoms with van der Waals surface area (Å²) in [6.45, 7) is 3.45. The molecule has 168 valence electrons. The average Bonchev–Trinajstić information content (AvgIpc) is 2.76. The maximum absolute atomic E-state index is 14.5. The second-order valence-corrected chi connectivity index (χ2v) is 7.17. The van der Waals surface area contributed by atoms with Crippen molar-refractivity contribution in [3.63, 3.8) is 0 Å². The molecule has 2 rings (SSSR count). The number of nitrogens with one attached hydrogen (secondary N) is 1. The van der Waals surface area contributed by atoms with Crippen LogP contribution in [0.4, 0.5) is 18.4 Å². The summed E-state index contributed by atoms with van der Waals surface area (Å²) in [6, 6.07) is 3.96. The van der Waals surface area contributed by atoms with Gasteiger partial charge in [0, 0.05) is 31.1 Å². The molecule has 0 saturated carbocycles. The minimum absolute atomic E-state index is 0.0766. The van der Waals surface area contributed by atoms with Gasteiger partial charge in [0.05, 0.1) is 26.4 Å². The van der Waals surface area contributed by atoms with Gasteiger partial charge in [-0.1, -0.05) is 25.5 Å². The Balaban J connectivity index is 2.09. The lowest BCUT2D eigenvalue weighted by Crippen LogP contribution is -2.43. The number of ether oxygens (including phenoxy) is 3. The molecule has 1 heterocycles. The van der Waals surface area contributed by atoms with Crippen LogP contribution in [0.5, 0.6) is 0 Å². The molecule has 2 atom stereocenters. The Bertz CT molecular complexity index is 704. The SMILES string of the molecule is CCCCOC(=O)N1CCCC([C@@H](OCCNC(=O)OC)c2cccc(F)c2F)C1. The predicted molar refractivity (Wildman–Crippen MR) is 106 cm³/mol. The van der Waals surface area contributed by atoms with E-state index < -0.39 is 29.9 Å². The zero-order valence-electron chi connectivity index (χ0n) is 17.5. The molecule has 30 heavy (non-hydrogen) atoms. The van der Waals surface area contributed by atoms with E-state index >= 15 is 0 Å². The highest BCUT2D eigenvalue weighted by Gasteiger charge is 2.33. The summed E-state index contributed by atoms with van der Waals surface area (Å²) < 4.78 is 44.0. The fraction of sp³-hybridized carbons (Fsp3) is 0.619. The Hall–Kier alpha value is -2.42. The molecule has 0 aliphatic carbocycles. The number of carbonyl (C=O) groups is 2. The second-order valence-electron chi connectivity index (χ2n) is 7.17. The van der Waals surface area contributed by atoms with E-state index in [0.717, 1.165) is 18.9 Å². The lowest BCUT2D eigenvalue weighted by Gasteiger charge is -2.36. The van der Waals surface area contributed by atoms with E-state index in [0.29, 0.717) is 32.5 Å². The van der Waals surface area contributed by atoms with Crippen LogP contribution in [0.3, 0.4) is 0 Å². The number of carbonyl (C=O) groups excluding carboxylic acids is 2. The van der Waals surface area contributed by atoms with Crippen LogP contribution in [0.2, 0.25) is 0 Å². The molecule has 1 unspecified atom stereocenters. The van der Waals surface area contributed by atoms with Crippen LogP contribution in [0.1, 0.15) is 44.3 Å². The van der Waals surface area contributed by atoms with Crippen molar-refractivity contribution in [2.24, 2.45) is 5.92 Å². The third-order valence-electron chi connectivity index (χ3n) is 5.01. The first-order chi connectivity index (χ1) is 14.5. The van der Waals surface area contributed by atoms with Gasteiger partial charge >= 0.3 is 12.2 Å². The van der Waals surface area contributed by atoms with E-state index in [9.17, 15) is 18.4 Å². The lowest BCUT2D eigenvalue weighted by molar-refractivity contribution is -0.0164. The van der Waals surface area contributed by atoms with Crippen LogP contribution in [-0.2, 0) is 14.2 Å². The van der Waals surface area contributed by atoms with Crippen molar-refractivity contribution in [2.75, 3.05) is 40.0 Å². The molecule has 1 N–H and O–H groups in total. The maximum Gasteiger partial charge on any atom is 0.409 e. The molecule has 2 amide bonds. The van der Waals surface area contributed by atoms with Gasteiger partial charge < -0.3 is 24.4 Å². The van der Waals surface area contributed by atoms with E-state index in [2.05, 4.69) is 10.1 Å². The number of hydrogen-bond acceptors (Lipinski definition) is 5. The molecule has 0 spiro atoms. The van der Waals surface area contributed by atoms with Gasteiger partial charge in [0.25, 0.3) is 0 Å². The quantitative estimate of drug-likeness (QED) is 0.601. The third kappa shape index (κ3) is 6.83. The molecule has 1 saturated heterocycles. The number of likely N-dealkylation sites (tertiary alicyclic amines) is 1. The van der Waals surface area contributed by atoms with Crippen LogP contribution >= 0.6 is 0 Å². The molecule has 1 fully saturated rings. The first-order valence-corrected chi connectivity index (χ1v) is 10.3. The number of nitrogens with zero attached hydrogens (tertiary/aromatic N) is 1. The van der Waals surface area contributed by atoms with Crippen molar-refractivity contribution < 1.29 is 32.6 Å². The largest absolute Gasteiger partial charge is 0.453 e. The highest BCUT2D eigenvalue weighted by Crippen LogP contribution is 2.35. The van der Waals surface area contributed by atoms with E-state index in [1.165, 1.54) is 19.2 Å². The summed E-state index contributed by atoms with van der Waals surface area (Å²) in [5, 5.41) is 2.49. The molecule has 0 radical (unpaired) electrons. The van der Waals surface area contributed by atoms with Crippen LogP contribution in [0, 0.1) is 17.6 Å². The van der Waals surface area contributed by atoms with Crippen LogP contribution in [0.15, 0.2) is 18.2 Å². The summed E-state index contributed by atoms with van der Waals surface area (Å²) in [7, 11) is 1.25. The summed E-state index contributed by atoms with van der Waals surface area (Å²) >= 11 is 0. The normalized spacial score (nSPS) is 17.3. The highest BCUT2D eigenvalue weighted by molar-refractivity contribution is 5.67. The number of halogens is 2. The number of amides is 2. The maximum atomic E-state index is 14.5. The standard InChI is InChI=1S/C21H30F2N2O5/c1-3-4-12-30-21(27)25-11-6-7-15(14-25)19(29-13-10-24-20(26)28-2)16-8-5-9-17(22)18(16)23/h5,8-9,15,19H,3-4,6-7,10-14H2,1-2H3,(H,24,26)/t15?,19-/m1/s1. The number of alkyl carbamates (subject to hydrolysis) is 1. The van der Waals surface area contributed by atoms with Crippen LogP contribution in [0.25, 0.3) is 0 Å². The van der Waals surface area contributed by atoms with Gasteiger partial charge in [0.15, 0.2) is 11.6 Å². The zero-order chi connectivity index (χ0) is 21.9. The third-order valence-corrected chi connectivity index (χ3v) is 5.01. The topological polar surface area (TPSA) is 77.1 Å². The number of hydrogen-bond donors (Lipinski definition) is 1. The van der Waals surface area contributed by atoms with Gasteiger partial charge in [-0.3, -0.25) is 0 Å². The molecular weight excluding hydrogens is 398 g/mol. The Morgan fingerprint density at radius 1 is 1.30 bits per heavy atom. The van der Waals surface area contributed by atoms with Crippen LogP contribution < -0.4 is 5.32 Å². The molecule has 1 aliphatic rings. The van der Waals surface area contributed by atoms with Gasteiger partial charge in [0.1, 0.15) is 0 Å². The minimum Gasteiger partial charge on any atom is -0.453 e. The van der Waals surface area contributed by atoms with Gasteiger partial charge in [-0.25, -0.2) is 18.4 Å². The predicted octanol–water partition coefficient (Wildman–Crippen LogP) is 4.03. The summed E-state index contributed by atoms with van der Waals surface area (Å²) in [5.74, 6) is -2.17. The summed E-state index contributed by atoms with van der Waals surface area (Å²) in [6.07, 6.45) is 1.31. The monoisotopic (exact) mass is 428 g/mol. The minimum atomic E-state index is -0.967. The van der Waals surface area contributed by atoms with Crippen molar-refractivity contribution in [1.82, 2.24) is 10.2 Å². The van der Waals surface area contributed by atoms with Gasteiger partial charge in [-0.2, -0.15) is 0 Å². The Morgan fingerprint density at radius 2 is 2.10 bits per heavy atom. The van der Waals surface area contributed by atoms with E-state index in [4.69, 9.17) is 9.47 Å². The number of benzene rings is 1. The molecule has 1 aromatic rings.